The minimum absolute atomic E-state index is 0.598. The third kappa shape index (κ3) is 2.43. The number of para-hydroxylation sites is 1. The average Bonchev–Trinajstić information content (AvgIpc) is 2.45. The lowest BCUT2D eigenvalue weighted by Crippen LogP contribution is -2.05. The quantitative estimate of drug-likeness (QED) is 0.737. The van der Waals surface area contributed by atoms with Crippen molar-refractivity contribution in [1.29, 1.82) is 0 Å². The zero-order chi connectivity index (χ0) is 13.9. The van der Waals surface area contributed by atoms with Crippen LogP contribution >= 0.6 is 0 Å². The first-order chi connectivity index (χ1) is 9.74. The third-order valence-electron chi connectivity index (χ3n) is 3.39. The van der Waals surface area contributed by atoms with Crippen LogP contribution in [0.2, 0.25) is 0 Å². The Bertz CT molecular complexity index is 686. The average molecular weight is 266 g/mol. The molecule has 20 heavy (non-hydrogen) atoms. The van der Waals surface area contributed by atoms with Crippen molar-refractivity contribution in [2.45, 2.75) is 12.8 Å². The van der Waals surface area contributed by atoms with Crippen molar-refractivity contribution < 1.29 is 14.6 Å². The maximum absolute atomic E-state index is 10.5. The van der Waals surface area contributed by atoms with Crippen LogP contribution in [0.5, 0.6) is 11.5 Å². The van der Waals surface area contributed by atoms with Crippen molar-refractivity contribution in [3.05, 3.63) is 71.3 Å². The Morgan fingerprint density at radius 2 is 1.95 bits per heavy atom. The van der Waals surface area contributed by atoms with Crippen LogP contribution in [0.15, 0.2) is 54.6 Å². The summed E-state index contributed by atoms with van der Waals surface area (Å²) in [5, 5.41) is 8.65. The molecule has 3 rings (SSSR count). The number of ether oxygens (including phenoxy) is 1. The second-order valence-corrected chi connectivity index (χ2v) is 4.73. The molecule has 0 atom stereocenters. The molecule has 1 aliphatic heterocycles. The number of hydrogen-bond acceptors (Lipinski definition) is 2. The molecule has 3 nitrogen and oxygen atoms in total. The number of carbonyl (C=O) groups is 1. The Morgan fingerprint density at radius 1 is 1.15 bits per heavy atom. The van der Waals surface area contributed by atoms with Crippen LogP contribution in [-0.2, 0) is 17.6 Å². The lowest BCUT2D eigenvalue weighted by molar-refractivity contribution is -0.131. The van der Waals surface area contributed by atoms with E-state index in [1.54, 1.807) is 6.08 Å². The predicted octanol–water partition coefficient (Wildman–Crippen LogP) is 3.57. The molecule has 1 aliphatic rings. The Hall–Kier alpha value is -2.55. The smallest absolute Gasteiger partial charge is 0.327 e. The number of allylic oxidation sites excluding steroid dienone is 1. The summed E-state index contributed by atoms with van der Waals surface area (Å²) < 4.78 is 5.91. The normalized spacial score (nSPS) is 12.6. The van der Waals surface area contributed by atoms with Gasteiger partial charge in [0.25, 0.3) is 0 Å². The van der Waals surface area contributed by atoms with Crippen molar-refractivity contribution in [1.82, 2.24) is 0 Å². The van der Waals surface area contributed by atoms with Gasteiger partial charge in [-0.25, -0.2) is 4.79 Å². The number of carboxylic acids is 1. The highest BCUT2D eigenvalue weighted by Gasteiger charge is 2.18. The molecule has 100 valence electrons. The molecule has 2 aromatic carbocycles. The Morgan fingerprint density at radius 3 is 2.80 bits per heavy atom. The van der Waals surface area contributed by atoms with Crippen LogP contribution < -0.4 is 4.74 Å². The highest BCUT2D eigenvalue weighted by molar-refractivity contribution is 5.79. The summed E-state index contributed by atoms with van der Waals surface area (Å²) in [6, 6.07) is 13.9. The highest BCUT2D eigenvalue weighted by atomic mass is 16.5. The first-order valence-electron chi connectivity index (χ1n) is 6.50. The number of fused-ring (bicyclic) bond motifs is 2. The van der Waals surface area contributed by atoms with Gasteiger partial charge in [-0.15, -0.1) is 0 Å². The van der Waals surface area contributed by atoms with Crippen molar-refractivity contribution in [2.75, 3.05) is 0 Å². The molecule has 0 unspecified atom stereocenters. The molecule has 0 radical (unpaired) electrons. The van der Waals surface area contributed by atoms with Gasteiger partial charge in [0.15, 0.2) is 0 Å². The van der Waals surface area contributed by atoms with Gasteiger partial charge in [0.05, 0.1) is 0 Å². The maximum Gasteiger partial charge on any atom is 0.327 e. The summed E-state index contributed by atoms with van der Waals surface area (Å²) in [4.78, 5) is 10.5. The van der Waals surface area contributed by atoms with Gasteiger partial charge < -0.3 is 9.84 Å². The first kappa shape index (κ1) is 12.5. The lowest BCUT2D eigenvalue weighted by Gasteiger charge is -2.22. The summed E-state index contributed by atoms with van der Waals surface area (Å²) in [5.41, 5.74) is 3.41. The first-order valence-corrected chi connectivity index (χ1v) is 6.50. The van der Waals surface area contributed by atoms with E-state index >= 15 is 0 Å². The van der Waals surface area contributed by atoms with Crippen LogP contribution in [0.4, 0.5) is 0 Å². The summed E-state index contributed by atoms with van der Waals surface area (Å²) in [6.07, 6.45) is 4.26. The van der Waals surface area contributed by atoms with Gasteiger partial charge in [-0.1, -0.05) is 36.4 Å². The number of carboxylic acid groups (broad SMARTS) is 1. The molecule has 1 N–H and O–H groups in total. The minimum Gasteiger partial charge on any atom is -0.478 e. The number of rotatable bonds is 3. The van der Waals surface area contributed by atoms with Crippen molar-refractivity contribution >= 4 is 5.97 Å². The molecule has 0 bridgehead atoms. The maximum atomic E-state index is 10.5. The summed E-state index contributed by atoms with van der Waals surface area (Å²) in [6.45, 7) is 0. The van der Waals surface area contributed by atoms with Crippen molar-refractivity contribution in [3.8, 4) is 11.5 Å². The second-order valence-electron chi connectivity index (χ2n) is 4.73. The molecule has 0 saturated heterocycles. The van der Waals surface area contributed by atoms with E-state index in [4.69, 9.17) is 9.84 Å². The van der Waals surface area contributed by atoms with E-state index in [9.17, 15) is 4.79 Å². The van der Waals surface area contributed by atoms with Crippen LogP contribution in [0.3, 0.4) is 0 Å². The Balaban J connectivity index is 1.92. The van der Waals surface area contributed by atoms with E-state index < -0.39 is 5.97 Å². The van der Waals surface area contributed by atoms with Gasteiger partial charge in [0.2, 0.25) is 0 Å². The van der Waals surface area contributed by atoms with E-state index in [2.05, 4.69) is 6.07 Å². The largest absolute Gasteiger partial charge is 0.478 e. The number of benzene rings is 2. The van der Waals surface area contributed by atoms with Crippen LogP contribution in [0.25, 0.3) is 0 Å². The van der Waals surface area contributed by atoms with Crippen molar-refractivity contribution in [3.63, 3.8) is 0 Å². The zero-order valence-electron chi connectivity index (χ0n) is 10.9. The minimum atomic E-state index is -0.920. The van der Waals surface area contributed by atoms with E-state index in [1.807, 2.05) is 36.4 Å². The fourth-order valence-corrected chi connectivity index (χ4v) is 2.44. The molecule has 3 heteroatoms. The molecule has 0 aromatic heterocycles. The van der Waals surface area contributed by atoms with Crippen molar-refractivity contribution in [2.24, 2.45) is 0 Å². The fourth-order valence-electron chi connectivity index (χ4n) is 2.44. The molecular formula is C17H14O3. The van der Waals surface area contributed by atoms with Crippen LogP contribution in [-0.4, -0.2) is 11.1 Å². The molecule has 0 fully saturated rings. The topological polar surface area (TPSA) is 46.5 Å². The summed E-state index contributed by atoms with van der Waals surface area (Å²) in [7, 11) is 0. The van der Waals surface area contributed by atoms with Crippen LogP contribution in [0, 0.1) is 0 Å². The SMILES string of the molecule is O=C(O)/C=C/Cc1cccc2c1Cc1ccccc1O2. The molecule has 0 saturated carbocycles. The van der Waals surface area contributed by atoms with Gasteiger partial charge in [0.1, 0.15) is 11.5 Å². The number of aliphatic carboxylic acids is 1. The van der Waals surface area contributed by atoms with E-state index in [1.165, 1.54) is 6.08 Å². The highest BCUT2D eigenvalue weighted by Crippen LogP contribution is 2.37. The molecular weight excluding hydrogens is 252 g/mol. The lowest BCUT2D eigenvalue weighted by atomic mass is 9.94. The monoisotopic (exact) mass is 266 g/mol. The summed E-state index contributed by atoms with van der Waals surface area (Å²) in [5.74, 6) is 0.847. The molecule has 0 spiro atoms. The molecule has 0 amide bonds. The van der Waals surface area contributed by atoms with Gasteiger partial charge in [-0.3, -0.25) is 0 Å². The van der Waals surface area contributed by atoms with Gasteiger partial charge in [-0.2, -0.15) is 0 Å². The second kappa shape index (κ2) is 5.21. The Labute approximate surface area is 117 Å². The molecule has 1 heterocycles. The van der Waals surface area contributed by atoms with E-state index in [-0.39, 0.29) is 0 Å². The third-order valence-corrected chi connectivity index (χ3v) is 3.39. The predicted molar refractivity (Wildman–Crippen MR) is 76.2 cm³/mol. The molecule has 2 aromatic rings. The number of hydrogen-bond donors (Lipinski definition) is 1. The van der Waals surface area contributed by atoms with Gasteiger partial charge in [0, 0.05) is 18.1 Å². The van der Waals surface area contributed by atoms with Crippen LogP contribution in [0.1, 0.15) is 16.7 Å². The Kier molecular flexibility index (Phi) is 3.25. The standard InChI is InChI=1S/C17H14O3/c18-17(19)10-4-7-12-6-3-9-16-14(12)11-13-5-1-2-8-15(13)20-16/h1-6,8-10H,7,11H2,(H,18,19)/b10-4+. The van der Waals surface area contributed by atoms with Gasteiger partial charge in [-0.05, 0) is 29.7 Å². The zero-order valence-corrected chi connectivity index (χ0v) is 10.9. The fraction of sp³-hybridized carbons (Fsp3) is 0.118. The van der Waals surface area contributed by atoms with E-state index in [0.29, 0.717) is 6.42 Å². The molecule has 0 aliphatic carbocycles. The van der Waals surface area contributed by atoms with E-state index in [0.717, 1.165) is 34.6 Å². The summed E-state index contributed by atoms with van der Waals surface area (Å²) >= 11 is 0. The van der Waals surface area contributed by atoms with Gasteiger partial charge >= 0.3 is 5.97 Å².